The molecule has 0 aromatic heterocycles. The van der Waals surface area contributed by atoms with E-state index in [1.54, 1.807) is 24.3 Å². The second kappa shape index (κ2) is 3.41. The van der Waals surface area contributed by atoms with E-state index in [0.29, 0.717) is 5.69 Å². The van der Waals surface area contributed by atoms with Crippen molar-refractivity contribution in [3.63, 3.8) is 0 Å². The number of hydrogen-bond donors (Lipinski definition) is 2. The second-order valence-corrected chi connectivity index (χ2v) is 1.56. The number of benzene rings is 1. The van der Waals surface area contributed by atoms with E-state index >= 15 is 0 Å². The molecule has 0 radical (unpaired) electrons. The Labute approximate surface area is 65.0 Å². The molecular formula is C6H10AsNO. The van der Waals surface area contributed by atoms with Crippen molar-refractivity contribution in [1.29, 1.82) is 0 Å². The van der Waals surface area contributed by atoms with E-state index in [0.717, 1.165) is 0 Å². The molecule has 0 saturated heterocycles. The van der Waals surface area contributed by atoms with Crippen molar-refractivity contribution in [3.8, 4) is 5.75 Å². The third-order valence-electron chi connectivity index (χ3n) is 0.937. The summed E-state index contributed by atoms with van der Waals surface area (Å²) in [5.74, 6) is 0.146. The van der Waals surface area contributed by atoms with E-state index in [1.807, 2.05) is 0 Å². The molecule has 1 aromatic carbocycles. The van der Waals surface area contributed by atoms with Crippen LogP contribution < -0.4 is 5.73 Å². The summed E-state index contributed by atoms with van der Waals surface area (Å²) in [4.78, 5) is 0. The van der Waals surface area contributed by atoms with Gasteiger partial charge in [-0.05, 0) is 12.1 Å². The van der Waals surface area contributed by atoms with Gasteiger partial charge in [-0.15, -0.1) is 0 Å². The number of hydrogen-bond acceptors (Lipinski definition) is 2. The van der Waals surface area contributed by atoms with Crippen molar-refractivity contribution < 1.29 is 5.11 Å². The third-order valence-corrected chi connectivity index (χ3v) is 0.937. The number of anilines is 1. The number of para-hydroxylation sites is 2. The Hall–Kier alpha value is -0.622. The SMILES string of the molecule is Nc1ccccc1O.[AsH3]. The molecule has 0 aliphatic carbocycles. The molecule has 0 spiro atoms. The number of phenols is 1. The van der Waals surface area contributed by atoms with E-state index in [9.17, 15) is 0 Å². The fraction of sp³-hybridized carbons (Fsp3) is 0. The Morgan fingerprint density at radius 2 is 1.78 bits per heavy atom. The fourth-order valence-electron chi connectivity index (χ4n) is 0.488. The zero-order chi connectivity index (χ0) is 5.98. The molecule has 0 bridgehead atoms. The van der Waals surface area contributed by atoms with Crippen molar-refractivity contribution in [2.45, 2.75) is 0 Å². The molecule has 0 heterocycles. The summed E-state index contributed by atoms with van der Waals surface area (Å²) in [5, 5.41) is 8.79. The van der Waals surface area contributed by atoms with Crippen LogP contribution in [0.25, 0.3) is 0 Å². The van der Waals surface area contributed by atoms with Crippen LogP contribution in [-0.2, 0) is 0 Å². The van der Waals surface area contributed by atoms with Crippen molar-refractivity contribution >= 4 is 23.6 Å². The van der Waals surface area contributed by atoms with Crippen LogP contribution in [0.3, 0.4) is 0 Å². The standard InChI is InChI=1S/C6H7NO.AsH3/c7-5-3-1-2-4-6(5)8;/h1-4,8H,7H2;1H3. The number of nitrogens with two attached hydrogens (primary N) is 1. The molecule has 0 aliphatic heterocycles. The van der Waals surface area contributed by atoms with Gasteiger partial charge in [0.05, 0.1) is 5.69 Å². The predicted molar refractivity (Wildman–Crippen MR) is 42.5 cm³/mol. The summed E-state index contributed by atoms with van der Waals surface area (Å²) in [6.07, 6.45) is 0. The van der Waals surface area contributed by atoms with Gasteiger partial charge in [0.1, 0.15) is 5.75 Å². The zero-order valence-corrected chi connectivity index (χ0v) is 8.01. The normalized spacial score (nSPS) is 8.00. The Bertz CT molecular complexity index is 169. The van der Waals surface area contributed by atoms with Gasteiger partial charge in [0.2, 0.25) is 0 Å². The van der Waals surface area contributed by atoms with E-state index in [2.05, 4.69) is 0 Å². The van der Waals surface area contributed by atoms with E-state index in [4.69, 9.17) is 10.8 Å². The predicted octanol–water partition coefficient (Wildman–Crippen LogP) is -0.210. The maximum absolute atomic E-state index is 8.79. The van der Waals surface area contributed by atoms with E-state index in [1.165, 1.54) is 0 Å². The van der Waals surface area contributed by atoms with Crippen LogP contribution in [0, 0.1) is 0 Å². The molecule has 1 unspecified atom stereocenters. The van der Waals surface area contributed by atoms with Crippen molar-refractivity contribution in [3.05, 3.63) is 24.3 Å². The molecule has 0 saturated carbocycles. The zero-order valence-electron chi connectivity index (χ0n) is 5.04. The molecule has 0 amide bonds. The number of phenolic OH excluding ortho intramolecular Hbond substituents is 1. The average Bonchev–Trinajstić information content (AvgIpc) is 1.77. The van der Waals surface area contributed by atoms with Gasteiger partial charge in [0.15, 0.2) is 0 Å². The molecule has 2 nitrogen and oxygen atoms in total. The van der Waals surface area contributed by atoms with Crippen LogP contribution in [0.5, 0.6) is 5.75 Å². The Kier molecular flexibility index (Phi) is 3.18. The van der Waals surface area contributed by atoms with Gasteiger partial charge >= 0.3 is 18.0 Å². The van der Waals surface area contributed by atoms with Crippen LogP contribution in [0.4, 0.5) is 5.69 Å². The van der Waals surface area contributed by atoms with Crippen LogP contribution >= 0.6 is 0 Å². The third kappa shape index (κ3) is 1.98. The summed E-state index contributed by atoms with van der Waals surface area (Å²) >= 11 is 0. The van der Waals surface area contributed by atoms with Crippen molar-refractivity contribution in [1.82, 2.24) is 0 Å². The maximum atomic E-state index is 8.79. The molecule has 0 fully saturated rings. The number of rotatable bonds is 0. The van der Waals surface area contributed by atoms with E-state index < -0.39 is 0 Å². The Morgan fingerprint density at radius 1 is 1.22 bits per heavy atom. The van der Waals surface area contributed by atoms with Gasteiger partial charge in [-0.25, -0.2) is 0 Å². The number of aromatic hydroxyl groups is 1. The first kappa shape index (κ1) is 8.38. The van der Waals surface area contributed by atoms with Crippen molar-refractivity contribution in [2.75, 3.05) is 5.73 Å². The summed E-state index contributed by atoms with van der Waals surface area (Å²) in [6.45, 7) is 0. The molecule has 1 atom stereocenters. The van der Waals surface area contributed by atoms with Crippen LogP contribution in [0.1, 0.15) is 0 Å². The first-order chi connectivity index (χ1) is 3.80. The minimum absolute atomic E-state index is 0. The fourth-order valence-corrected chi connectivity index (χ4v) is 0.488. The van der Waals surface area contributed by atoms with Crippen LogP contribution in [0.15, 0.2) is 24.3 Å². The quantitative estimate of drug-likeness (QED) is 0.335. The first-order valence-electron chi connectivity index (χ1n) is 2.34. The summed E-state index contributed by atoms with van der Waals surface area (Å²) in [5.41, 5.74) is 5.69. The van der Waals surface area contributed by atoms with Crippen LogP contribution in [-0.4, -0.2) is 23.1 Å². The van der Waals surface area contributed by atoms with Crippen LogP contribution in [0.2, 0.25) is 0 Å². The molecule has 1 rings (SSSR count). The molecule has 50 valence electrons. The average molecular weight is 187 g/mol. The number of nitrogen functional groups attached to an aromatic ring is 1. The topological polar surface area (TPSA) is 46.2 Å². The van der Waals surface area contributed by atoms with Gasteiger partial charge in [0.25, 0.3) is 0 Å². The van der Waals surface area contributed by atoms with Crippen molar-refractivity contribution in [2.24, 2.45) is 0 Å². The molecule has 0 aliphatic rings. The first-order valence-corrected chi connectivity index (χ1v) is 2.34. The molecule has 3 N–H and O–H groups in total. The van der Waals surface area contributed by atoms with Gasteiger partial charge in [-0.3, -0.25) is 0 Å². The van der Waals surface area contributed by atoms with Gasteiger partial charge in [-0.2, -0.15) is 0 Å². The second-order valence-electron chi connectivity index (χ2n) is 1.56. The van der Waals surface area contributed by atoms with Gasteiger partial charge in [-0.1, -0.05) is 12.1 Å². The molecular weight excluding hydrogens is 177 g/mol. The van der Waals surface area contributed by atoms with Gasteiger partial charge < -0.3 is 10.8 Å². The molecule has 3 heteroatoms. The summed E-state index contributed by atoms with van der Waals surface area (Å²) in [6, 6.07) is 6.70. The minimum atomic E-state index is 0. The van der Waals surface area contributed by atoms with E-state index in [-0.39, 0.29) is 23.7 Å². The van der Waals surface area contributed by atoms with Gasteiger partial charge in [0, 0.05) is 0 Å². The monoisotopic (exact) mass is 187 g/mol. The molecule has 1 aromatic rings. The summed E-state index contributed by atoms with van der Waals surface area (Å²) < 4.78 is 0. The summed E-state index contributed by atoms with van der Waals surface area (Å²) in [7, 11) is 0. The Morgan fingerprint density at radius 3 is 2.11 bits per heavy atom. The molecule has 9 heavy (non-hydrogen) atoms. The Balaban J connectivity index is 0.000000640.